The van der Waals surface area contributed by atoms with Crippen molar-refractivity contribution in [3.63, 3.8) is 0 Å². The van der Waals surface area contributed by atoms with Crippen LogP contribution in [0, 0.1) is 0 Å². The molecule has 8 nitrogen and oxygen atoms in total. The number of amides is 1. The van der Waals surface area contributed by atoms with E-state index in [1.807, 2.05) is 35.2 Å². The highest BCUT2D eigenvalue weighted by atomic mass is 16.5. The van der Waals surface area contributed by atoms with Crippen LogP contribution in [0.3, 0.4) is 0 Å². The Morgan fingerprint density at radius 2 is 1.83 bits per heavy atom. The molecule has 0 bridgehead atoms. The predicted molar refractivity (Wildman–Crippen MR) is 119 cm³/mol. The number of rotatable bonds is 4. The number of carbonyl (C=O) groups is 1. The van der Waals surface area contributed by atoms with E-state index < -0.39 is 5.66 Å². The smallest absolute Gasteiger partial charge is 0.255 e. The maximum Gasteiger partial charge on any atom is 0.255 e. The number of anilines is 2. The number of guanidine groups is 2. The van der Waals surface area contributed by atoms with Crippen molar-refractivity contribution in [2.75, 3.05) is 17.3 Å². The minimum Gasteiger partial charge on any atom is -0.495 e. The number of methoxy groups -OCH3 is 1. The summed E-state index contributed by atoms with van der Waals surface area (Å²) >= 11 is 0. The first-order valence-corrected chi connectivity index (χ1v) is 10.1. The van der Waals surface area contributed by atoms with Gasteiger partial charge in [0.2, 0.25) is 11.9 Å². The summed E-state index contributed by atoms with van der Waals surface area (Å²) in [5.74, 6) is 0.837. The average Bonchev–Trinajstić information content (AvgIpc) is 2.74. The van der Waals surface area contributed by atoms with E-state index in [0.29, 0.717) is 23.0 Å². The first-order valence-electron chi connectivity index (χ1n) is 10.1. The monoisotopic (exact) mass is 406 g/mol. The second-order valence-corrected chi connectivity index (χ2v) is 7.52. The molecule has 1 saturated carbocycles. The van der Waals surface area contributed by atoms with Gasteiger partial charge in [-0.3, -0.25) is 9.69 Å². The summed E-state index contributed by atoms with van der Waals surface area (Å²) < 4.78 is 5.46. The van der Waals surface area contributed by atoms with Crippen LogP contribution in [0.25, 0.3) is 0 Å². The minimum atomic E-state index is -0.552. The van der Waals surface area contributed by atoms with Gasteiger partial charge < -0.3 is 21.5 Å². The van der Waals surface area contributed by atoms with Gasteiger partial charge in [0.15, 0.2) is 0 Å². The fourth-order valence-electron chi connectivity index (χ4n) is 4.21. The third-order valence-corrected chi connectivity index (χ3v) is 5.58. The number of nitrogens with two attached hydrogens (primary N) is 2. The largest absolute Gasteiger partial charge is 0.495 e. The Hall–Kier alpha value is -3.55. The van der Waals surface area contributed by atoms with Gasteiger partial charge in [0.25, 0.3) is 5.91 Å². The molecule has 0 atom stereocenters. The van der Waals surface area contributed by atoms with Crippen molar-refractivity contribution in [2.24, 2.45) is 21.5 Å². The molecule has 1 heterocycles. The Morgan fingerprint density at radius 3 is 2.53 bits per heavy atom. The highest BCUT2D eigenvalue weighted by molar-refractivity contribution is 6.07. The van der Waals surface area contributed by atoms with Crippen LogP contribution in [0.5, 0.6) is 5.75 Å². The van der Waals surface area contributed by atoms with Crippen LogP contribution in [0.4, 0.5) is 11.4 Å². The van der Waals surface area contributed by atoms with Crippen LogP contribution in [-0.2, 0) is 0 Å². The standard InChI is InChI=1S/C22H26N6O2/c1-30-18-11-10-16(14-17(18)25-19(29)15-8-4-2-5-9-15)28-21(24)26-20(23)27-22(28)12-6-3-7-13-22/h2,4-5,8-11,14H,3,6-7,12-13H2,1H3,(H,25,29)(H4,23,24,26,27). The fourth-order valence-corrected chi connectivity index (χ4v) is 4.21. The van der Waals surface area contributed by atoms with E-state index in [0.717, 1.165) is 37.8 Å². The van der Waals surface area contributed by atoms with Gasteiger partial charge in [-0.15, -0.1) is 0 Å². The van der Waals surface area contributed by atoms with Crippen molar-refractivity contribution in [1.82, 2.24) is 0 Å². The molecular weight excluding hydrogens is 380 g/mol. The van der Waals surface area contributed by atoms with Crippen molar-refractivity contribution in [1.29, 1.82) is 0 Å². The fraction of sp³-hybridized carbons (Fsp3) is 0.318. The SMILES string of the molecule is COc1ccc(N2C(N)=NC(N)=NC23CCCCC3)cc1NC(=O)c1ccccc1. The van der Waals surface area contributed by atoms with Crippen LogP contribution in [0.15, 0.2) is 58.5 Å². The maximum absolute atomic E-state index is 12.7. The average molecular weight is 406 g/mol. The summed E-state index contributed by atoms with van der Waals surface area (Å²) in [5.41, 5.74) is 13.6. The second-order valence-electron chi connectivity index (χ2n) is 7.52. The molecule has 1 spiro atoms. The van der Waals surface area contributed by atoms with Gasteiger partial charge in [-0.05, 0) is 56.0 Å². The molecule has 2 aromatic rings. The van der Waals surface area contributed by atoms with Gasteiger partial charge in [-0.2, -0.15) is 4.99 Å². The van der Waals surface area contributed by atoms with E-state index >= 15 is 0 Å². The Balaban J connectivity index is 1.71. The molecule has 1 fully saturated rings. The molecule has 8 heteroatoms. The summed E-state index contributed by atoms with van der Waals surface area (Å²) in [6, 6.07) is 14.6. The molecule has 30 heavy (non-hydrogen) atoms. The van der Waals surface area contributed by atoms with Gasteiger partial charge in [-0.25, -0.2) is 4.99 Å². The van der Waals surface area contributed by atoms with Crippen LogP contribution < -0.4 is 26.4 Å². The van der Waals surface area contributed by atoms with Crippen LogP contribution >= 0.6 is 0 Å². The number of hydrogen-bond acceptors (Lipinski definition) is 7. The summed E-state index contributed by atoms with van der Waals surface area (Å²) in [4.78, 5) is 23.5. The summed E-state index contributed by atoms with van der Waals surface area (Å²) in [5, 5.41) is 2.94. The van der Waals surface area contributed by atoms with Gasteiger partial charge in [0.05, 0.1) is 12.8 Å². The molecule has 0 saturated heterocycles. The normalized spacial score (nSPS) is 17.8. The number of nitrogens with one attached hydrogen (secondary N) is 1. The predicted octanol–water partition coefficient (Wildman–Crippen LogP) is 3.06. The van der Waals surface area contributed by atoms with Crippen molar-refractivity contribution in [2.45, 2.75) is 37.8 Å². The summed E-state index contributed by atoms with van der Waals surface area (Å²) in [6.07, 6.45) is 4.90. The summed E-state index contributed by atoms with van der Waals surface area (Å²) in [7, 11) is 1.57. The van der Waals surface area contributed by atoms with Gasteiger partial charge in [0.1, 0.15) is 11.4 Å². The van der Waals surface area contributed by atoms with E-state index in [9.17, 15) is 4.79 Å². The third-order valence-electron chi connectivity index (χ3n) is 5.58. The van der Waals surface area contributed by atoms with Gasteiger partial charge >= 0.3 is 0 Å². The molecule has 4 rings (SSSR count). The van der Waals surface area contributed by atoms with E-state index in [-0.39, 0.29) is 11.9 Å². The first-order chi connectivity index (χ1) is 14.5. The number of ether oxygens (including phenoxy) is 1. The molecule has 0 aromatic heterocycles. The quantitative estimate of drug-likeness (QED) is 0.721. The molecule has 1 aliphatic heterocycles. The van der Waals surface area contributed by atoms with Crippen molar-refractivity contribution < 1.29 is 9.53 Å². The molecule has 2 aromatic carbocycles. The zero-order valence-corrected chi connectivity index (χ0v) is 17.0. The molecule has 0 unspecified atom stereocenters. The highest BCUT2D eigenvalue weighted by Crippen LogP contribution is 2.41. The Kier molecular flexibility index (Phi) is 5.31. The molecule has 0 radical (unpaired) electrons. The highest BCUT2D eigenvalue weighted by Gasteiger charge is 2.42. The van der Waals surface area contributed by atoms with E-state index in [1.165, 1.54) is 0 Å². The number of hydrogen-bond donors (Lipinski definition) is 3. The van der Waals surface area contributed by atoms with Gasteiger partial charge in [0, 0.05) is 11.3 Å². The zero-order valence-electron chi connectivity index (χ0n) is 17.0. The lowest BCUT2D eigenvalue weighted by molar-refractivity contribution is 0.102. The van der Waals surface area contributed by atoms with Crippen LogP contribution in [-0.4, -0.2) is 30.6 Å². The molecule has 156 valence electrons. The topological polar surface area (TPSA) is 118 Å². The number of carbonyl (C=O) groups excluding carboxylic acids is 1. The van der Waals surface area contributed by atoms with E-state index in [4.69, 9.17) is 21.2 Å². The van der Waals surface area contributed by atoms with Crippen molar-refractivity contribution in [3.05, 3.63) is 54.1 Å². The first kappa shape index (κ1) is 19.8. The molecule has 1 amide bonds. The molecule has 1 aliphatic carbocycles. The second kappa shape index (κ2) is 8.06. The zero-order chi connectivity index (χ0) is 21.1. The van der Waals surface area contributed by atoms with E-state index in [2.05, 4.69) is 10.3 Å². The lowest BCUT2D eigenvalue weighted by Gasteiger charge is -2.45. The number of benzene rings is 2. The Morgan fingerprint density at radius 1 is 1.10 bits per heavy atom. The lowest BCUT2D eigenvalue weighted by Crippen LogP contribution is -2.58. The minimum absolute atomic E-state index is 0.205. The number of aliphatic imine (C=N–C) groups is 2. The Bertz CT molecular complexity index is 996. The molecule has 2 aliphatic rings. The van der Waals surface area contributed by atoms with Gasteiger partial charge in [-0.1, -0.05) is 24.6 Å². The van der Waals surface area contributed by atoms with Crippen molar-refractivity contribution >= 4 is 29.2 Å². The Labute approximate surface area is 175 Å². The third kappa shape index (κ3) is 3.68. The molecule has 5 N–H and O–H groups in total. The van der Waals surface area contributed by atoms with Crippen LogP contribution in [0.2, 0.25) is 0 Å². The lowest BCUT2D eigenvalue weighted by atomic mass is 9.87. The van der Waals surface area contributed by atoms with Crippen LogP contribution in [0.1, 0.15) is 42.5 Å². The number of nitrogens with zero attached hydrogens (tertiary/aromatic N) is 3. The molecular formula is C22H26N6O2. The summed E-state index contributed by atoms with van der Waals surface area (Å²) in [6.45, 7) is 0. The maximum atomic E-state index is 12.7. The van der Waals surface area contributed by atoms with Crippen molar-refractivity contribution in [3.8, 4) is 5.75 Å². The van der Waals surface area contributed by atoms with E-state index in [1.54, 1.807) is 25.3 Å².